The Morgan fingerprint density at radius 1 is 1.22 bits per heavy atom. The van der Waals surface area contributed by atoms with Gasteiger partial charge in [0.15, 0.2) is 6.61 Å². The Hall–Kier alpha value is -3.18. The number of rotatable bonds is 7. The average Bonchev–Trinajstić information content (AvgIpc) is 3.18. The van der Waals surface area contributed by atoms with Gasteiger partial charge in [-0.25, -0.2) is 4.79 Å². The molecule has 1 atom stereocenters. The lowest BCUT2D eigenvalue weighted by Crippen LogP contribution is -2.45. The minimum absolute atomic E-state index is 0.211. The van der Waals surface area contributed by atoms with Crippen molar-refractivity contribution in [2.45, 2.75) is 19.9 Å². The van der Waals surface area contributed by atoms with E-state index in [0.29, 0.717) is 16.1 Å². The van der Waals surface area contributed by atoms with Crippen LogP contribution in [0.5, 0.6) is 0 Å². The number of nitrogens with zero attached hydrogens (tertiary/aromatic N) is 1. The number of hydrogen-bond donors (Lipinski definition) is 2. The van der Waals surface area contributed by atoms with Gasteiger partial charge < -0.3 is 15.4 Å². The maximum Gasteiger partial charge on any atom is 0.329 e. The molecule has 0 saturated carbocycles. The third kappa shape index (κ3) is 5.94. The lowest BCUT2D eigenvalue weighted by Gasteiger charge is -2.20. The first-order valence-electron chi connectivity index (χ1n) is 8.21. The van der Waals surface area contributed by atoms with Crippen molar-refractivity contribution >= 4 is 34.8 Å². The van der Waals surface area contributed by atoms with Crippen molar-refractivity contribution in [2.75, 3.05) is 11.9 Å². The topological polar surface area (TPSA) is 108 Å². The lowest BCUT2D eigenvalue weighted by atomic mass is 10.0. The molecule has 2 rings (SSSR count). The summed E-state index contributed by atoms with van der Waals surface area (Å²) in [7, 11) is 0. The van der Waals surface area contributed by atoms with Gasteiger partial charge in [0.25, 0.3) is 11.8 Å². The Morgan fingerprint density at radius 2 is 2.00 bits per heavy atom. The monoisotopic (exact) mass is 385 g/mol. The van der Waals surface area contributed by atoms with Crippen LogP contribution in [0.1, 0.15) is 29.1 Å². The summed E-state index contributed by atoms with van der Waals surface area (Å²) in [5, 5.41) is 15.8. The fourth-order valence-electron chi connectivity index (χ4n) is 2.21. The first-order valence-corrected chi connectivity index (χ1v) is 9.09. The van der Waals surface area contributed by atoms with Crippen molar-refractivity contribution in [2.24, 2.45) is 5.92 Å². The Morgan fingerprint density at radius 3 is 2.63 bits per heavy atom. The number of nitriles is 1. The Bertz CT molecular complexity index is 856. The molecule has 2 amide bonds. The van der Waals surface area contributed by atoms with Crippen molar-refractivity contribution in [3.63, 3.8) is 0 Å². The molecule has 0 aliphatic heterocycles. The van der Waals surface area contributed by atoms with Crippen molar-refractivity contribution in [1.29, 1.82) is 5.26 Å². The number of esters is 1. The molecular weight excluding hydrogens is 366 g/mol. The van der Waals surface area contributed by atoms with Crippen LogP contribution in [0, 0.1) is 17.2 Å². The van der Waals surface area contributed by atoms with Gasteiger partial charge in [0.05, 0.1) is 16.5 Å². The minimum Gasteiger partial charge on any atom is -0.454 e. The van der Waals surface area contributed by atoms with E-state index >= 15 is 0 Å². The van der Waals surface area contributed by atoms with Gasteiger partial charge in [0.1, 0.15) is 6.04 Å². The lowest BCUT2D eigenvalue weighted by molar-refractivity contribution is -0.150. The number of benzene rings is 1. The van der Waals surface area contributed by atoms with Crippen molar-refractivity contribution in [3.05, 3.63) is 52.2 Å². The summed E-state index contributed by atoms with van der Waals surface area (Å²) in [6.45, 7) is 3.05. The molecule has 0 aliphatic carbocycles. The average molecular weight is 385 g/mol. The third-order valence-electron chi connectivity index (χ3n) is 3.57. The molecule has 0 aliphatic rings. The molecule has 8 heteroatoms. The molecule has 27 heavy (non-hydrogen) atoms. The number of carbonyl (C=O) groups excluding carboxylic acids is 3. The first-order chi connectivity index (χ1) is 12.9. The number of carbonyl (C=O) groups is 3. The van der Waals surface area contributed by atoms with Gasteiger partial charge in [0.2, 0.25) is 0 Å². The zero-order chi connectivity index (χ0) is 19.8. The Labute approximate surface area is 161 Å². The van der Waals surface area contributed by atoms with Crippen LogP contribution in [0.3, 0.4) is 0 Å². The van der Waals surface area contributed by atoms with Gasteiger partial charge in [-0.2, -0.15) is 5.26 Å². The second-order valence-electron chi connectivity index (χ2n) is 6.02. The van der Waals surface area contributed by atoms with Crippen molar-refractivity contribution in [1.82, 2.24) is 5.32 Å². The zero-order valence-corrected chi connectivity index (χ0v) is 15.7. The molecular formula is C19H19N3O4S. The van der Waals surface area contributed by atoms with E-state index in [-0.39, 0.29) is 11.8 Å². The standard InChI is InChI=1S/C19H19N3O4S/c1-12(2)17(22-18(24)15-7-4-8-27-15)19(25)26-11-16(23)21-14-6-3-5-13(9-14)10-20/h3-9,12,17H,11H2,1-2H3,(H,21,23)(H,22,24)/t17-/m1/s1. The molecule has 1 aromatic heterocycles. The Kier molecular flexibility index (Phi) is 7.08. The summed E-state index contributed by atoms with van der Waals surface area (Å²) in [6, 6.07) is 10.9. The summed E-state index contributed by atoms with van der Waals surface area (Å²) in [5.41, 5.74) is 0.836. The molecule has 140 valence electrons. The molecule has 1 heterocycles. The molecule has 7 nitrogen and oxygen atoms in total. The Balaban J connectivity index is 1.90. The van der Waals surface area contributed by atoms with Crippen LogP contribution in [-0.2, 0) is 14.3 Å². The van der Waals surface area contributed by atoms with Crippen molar-refractivity contribution < 1.29 is 19.1 Å². The van der Waals surface area contributed by atoms with Gasteiger partial charge in [-0.1, -0.05) is 26.0 Å². The van der Waals surface area contributed by atoms with Crippen LogP contribution in [0.25, 0.3) is 0 Å². The van der Waals surface area contributed by atoms with Crippen LogP contribution in [0.15, 0.2) is 41.8 Å². The van der Waals surface area contributed by atoms with Gasteiger partial charge in [-0.3, -0.25) is 9.59 Å². The van der Waals surface area contributed by atoms with Gasteiger partial charge in [-0.15, -0.1) is 11.3 Å². The molecule has 0 saturated heterocycles. The molecule has 0 unspecified atom stereocenters. The van der Waals surface area contributed by atoms with E-state index in [9.17, 15) is 14.4 Å². The smallest absolute Gasteiger partial charge is 0.329 e. The highest BCUT2D eigenvalue weighted by atomic mass is 32.1. The molecule has 2 aromatic rings. The molecule has 1 aromatic carbocycles. The first kappa shape index (κ1) is 20.1. The number of thiophene rings is 1. The molecule has 0 fully saturated rings. The number of ether oxygens (including phenoxy) is 1. The van der Waals surface area contributed by atoms with Crippen LogP contribution in [0.2, 0.25) is 0 Å². The predicted octanol–water partition coefficient (Wildman–Crippen LogP) is 2.56. The molecule has 0 radical (unpaired) electrons. The maximum atomic E-state index is 12.3. The number of anilines is 1. The highest BCUT2D eigenvalue weighted by Crippen LogP contribution is 2.12. The predicted molar refractivity (Wildman–Crippen MR) is 101 cm³/mol. The number of nitrogens with one attached hydrogen (secondary N) is 2. The second-order valence-corrected chi connectivity index (χ2v) is 6.97. The highest BCUT2D eigenvalue weighted by molar-refractivity contribution is 7.12. The van der Waals surface area contributed by atoms with Crippen molar-refractivity contribution in [3.8, 4) is 6.07 Å². The van der Waals surface area contributed by atoms with E-state index in [2.05, 4.69) is 10.6 Å². The van der Waals surface area contributed by atoms with Gasteiger partial charge in [0, 0.05) is 5.69 Å². The van der Waals surface area contributed by atoms with Crippen LogP contribution in [0.4, 0.5) is 5.69 Å². The second kappa shape index (κ2) is 9.50. The fourth-order valence-corrected chi connectivity index (χ4v) is 2.83. The third-order valence-corrected chi connectivity index (χ3v) is 4.44. The van der Waals surface area contributed by atoms with E-state index < -0.39 is 24.5 Å². The zero-order valence-electron chi connectivity index (χ0n) is 14.9. The highest BCUT2D eigenvalue weighted by Gasteiger charge is 2.27. The summed E-state index contributed by atoms with van der Waals surface area (Å²) < 4.78 is 5.05. The fraction of sp³-hybridized carbons (Fsp3) is 0.263. The van der Waals surface area contributed by atoms with E-state index in [4.69, 9.17) is 10.00 Å². The summed E-state index contributed by atoms with van der Waals surface area (Å²) >= 11 is 1.27. The molecule has 0 spiro atoms. The van der Waals surface area contributed by atoms with Crippen LogP contribution in [-0.4, -0.2) is 30.4 Å². The number of hydrogen-bond acceptors (Lipinski definition) is 6. The SMILES string of the molecule is CC(C)[C@@H](NC(=O)c1cccs1)C(=O)OCC(=O)Nc1cccc(C#N)c1. The van der Waals surface area contributed by atoms with Gasteiger partial charge in [-0.05, 0) is 35.6 Å². The van der Waals surface area contributed by atoms with Crippen LogP contribution < -0.4 is 10.6 Å². The minimum atomic E-state index is -0.866. The quantitative estimate of drug-likeness (QED) is 0.712. The van der Waals surface area contributed by atoms with E-state index in [1.807, 2.05) is 6.07 Å². The molecule has 0 bridgehead atoms. The summed E-state index contributed by atoms with van der Waals surface area (Å²) in [4.78, 5) is 36.9. The van der Waals surface area contributed by atoms with Crippen LogP contribution >= 0.6 is 11.3 Å². The largest absolute Gasteiger partial charge is 0.454 e. The number of amides is 2. The molecule has 2 N–H and O–H groups in total. The summed E-state index contributed by atoms with van der Waals surface area (Å²) in [6.07, 6.45) is 0. The van der Waals surface area contributed by atoms with E-state index in [0.717, 1.165) is 0 Å². The normalized spacial score (nSPS) is 11.3. The van der Waals surface area contributed by atoms with E-state index in [1.165, 1.54) is 17.4 Å². The summed E-state index contributed by atoms with van der Waals surface area (Å²) in [5.74, 6) is -1.79. The van der Waals surface area contributed by atoms with E-state index in [1.54, 1.807) is 49.6 Å². The van der Waals surface area contributed by atoms with Gasteiger partial charge >= 0.3 is 5.97 Å². The maximum absolute atomic E-state index is 12.3.